The van der Waals surface area contributed by atoms with Crippen molar-refractivity contribution in [1.29, 1.82) is 0 Å². The lowest BCUT2D eigenvalue weighted by atomic mass is 10.1. The highest BCUT2D eigenvalue weighted by Gasteiger charge is 2.32. The van der Waals surface area contributed by atoms with E-state index in [2.05, 4.69) is 10.3 Å². The molecular weight excluding hydrogens is 418 g/mol. The monoisotopic (exact) mass is 440 g/mol. The number of nitrogens with two attached hydrogens (primary N) is 1. The molecule has 1 aromatic heterocycles. The van der Waals surface area contributed by atoms with Crippen LogP contribution in [0.4, 0.5) is 25.0 Å². The van der Waals surface area contributed by atoms with Gasteiger partial charge in [0.25, 0.3) is 0 Å². The topological polar surface area (TPSA) is 97.5 Å². The van der Waals surface area contributed by atoms with Gasteiger partial charge in [-0.05, 0) is 42.5 Å². The molecule has 2 amide bonds. The van der Waals surface area contributed by atoms with Crippen LogP contribution in [0, 0.1) is 11.6 Å². The first-order valence-corrected chi connectivity index (χ1v) is 9.77. The van der Waals surface area contributed by atoms with Crippen molar-refractivity contribution in [1.82, 2.24) is 10.3 Å². The number of amides is 2. The zero-order valence-corrected chi connectivity index (χ0v) is 17.3. The number of nitrogens with zero attached hydrogens (tertiary/aromatic N) is 2. The quantitative estimate of drug-likeness (QED) is 0.602. The summed E-state index contributed by atoms with van der Waals surface area (Å²) in [6.45, 7) is 1.87. The van der Waals surface area contributed by atoms with E-state index in [9.17, 15) is 18.4 Å². The highest BCUT2D eigenvalue weighted by Crippen LogP contribution is 2.28. The summed E-state index contributed by atoms with van der Waals surface area (Å²) in [6.07, 6.45) is 2.18. The summed E-state index contributed by atoms with van der Waals surface area (Å²) in [4.78, 5) is 28.2. The molecule has 2 heterocycles. The predicted molar refractivity (Wildman–Crippen MR) is 117 cm³/mol. The molecule has 9 heteroatoms. The van der Waals surface area contributed by atoms with Crippen LogP contribution in [0.2, 0.25) is 0 Å². The Balaban J connectivity index is 0.000000305. The van der Waals surface area contributed by atoms with Gasteiger partial charge in [0.1, 0.15) is 17.7 Å². The molecule has 0 bridgehead atoms. The first kappa shape index (κ1) is 22.7. The Morgan fingerprint density at radius 3 is 2.62 bits per heavy atom. The van der Waals surface area contributed by atoms with Crippen LogP contribution in [0.3, 0.4) is 0 Å². The minimum atomic E-state index is -0.557. The average Bonchev–Trinajstić information content (AvgIpc) is 3.14. The van der Waals surface area contributed by atoms with Crippen molar-refractivity contribution in [3.63, 3.8) is 0 Å². The molecule has 0 radical (unpaired) electrons. The zero-order valence-electron chi connectivity index (χ0n) is 17.3. The smallest absolute Gasteiger partial charge is 0.414 e. The van der Waals surface area contributed by atoms with Crippen molar-refractivity contribution in [2.24, 2.45) is 0 Å². The van der Waals surface area contributed by atoms with Gasteiger partial charge in [0, 0.05) is 36.1 Å². The number of carbonyl (C=O) groups is 2. The molecular formula is C23H22F2N4O3. The van der Waals surface area contributed by atoms with Crippen LogP contribution < -0.4 is 16.0 Å². The summed E-state index contributed by atoms with van der Waals surface area (Å²) < 4.78 is 31.7. The molecule has 7 nitrogen and oxygen atoms in total. The van der Waals surface area contributed by atoms with Gasteiger partial charge in [-0.1, -0.05) is 12.1 Å². The zero-order chi connectivity index (χ0) is 23.1. The van der Waals surface area contributed by atoms with E-state index in [1.54, 1.807) is 48.8 Å². The minimum Gasteiger partial charge on any atom is -0.442 e. The number of aromatic nitrogens is 1. The number of hydrogen-bond donors (Lipinski definition) is 2. The molecule has 32 heavy (non-hydrogen) atoms. The fourth-order valence-electron chi connectivity index (χ4n) is 3.03. The van der Waals surface area contributed by atoms with Crippen LogP contribution in [-0.4, -0.2) is 36.2 Å². The van der Waals surface area contributed by atoms with Gasteiger partial charge in [0.2, 0.25) is 5.91 Å². The molecule has 2 aromatic carbocycles. The van der Waals surface area contributed by atoms with E-state index < -0.39 is 18.0 Å². The van der Waals surface area contributed by atoms with Crippen LogP contribution in [0.5, 0.6) is 0 Å². The molecule has 166 valence electrons. The summed E-state index contributed by atoms with van der Waals surface area (Å²) >= 11 is 0. The summed E-state index contributed by atoms with van der Waals surface area (Å²) in [5.41, 5.74) is 7.17. The van der Waals surface area contributed by atoms with Crippen LogP contribution in [0.15, 0.2) is 67.0 Å². The third kappa shape index (κ3) is 6.00. The van der Waals surface area contributed by atoms with E-state index in [0.29, 0.717) is 22.5 Å². The summed E-state index contributed by atoms with van der Waals surface area (Å²) in [7, 11) is 0. The fourth-order valence-corrected chi connectivity index (χ4v) is 3.03. The maximum Gasteiger partial charge on any atom is 0.414 e. The minimum absolute atomic E-state index is 0.198. The second kappa shape index (κ2) is 10.3. The molecule has 1 aliphatic heterocycles. The van der Waals surface area contributed by atoms with Gasteiger partial charge >= 0.3 is 6.09 Å². The Morgan fingerprint density at radius 2 is 2.03 bits per heavy atom. The van der Waals surface area contributed by atoms with Crippen LogP contribution >= 0.6 is 0 Å². The normalized spacial score (nSPS) is 14.9. The van der Waals surface area contributed by atoms with Crippen molar-refractivity contribution in [2.45, 2.75) is 13.0 Å². The third-order valence-electron chi connectivity index (χ3n) is 4.54. The summed E-state index contributed by atoms with van der Waals surface area (Å²) in [6, 6.07) is 13.9. The largest absolute Gasteiger partial charge is 0.442 e. The number of carbonyl (C=O) groups excluding carboxylic acids is 2. The first-order valence-electron chi connectivity index (χ1n) is 9.77. The van der Waals surface area contributed by atoms with Crippen molar-refractivity contribution in [2.75, 3.05) is 23.7 Å². The van der Waals surface area contributed by atoms with E-state index in [1.165, 1.54) is 30.0 Å². The molecule has 0 spiro atoms. The van der Waals surface area contributed by atoms with Gasteiger partial charge in [-0.3, -0.25) is 14.7 Å². The molecule has 4 rings (SSSR count). The molecule has 0 aliphatic carbocycles. The number of pyridine rings is 1. The van der Waals surface area contributed by atoms with Crippen LogP contribution in [-0.2, 0) is 9.53 Å². The molecule has 3 N–H and O–H groups in total. The Kier molecular flexibility index (Phi) is 7.33. The Hall–Kier alpha value is -4.01. The molecule has 3 aromatic rings. The van der Waals surface area contributed by atoms with Gasteiger partial charge in [-0.15, -0.1) is 0 Å². The lowest BCUT2D eigenvalue weighted by Crippen LogP contribution is -2.33. The molecule has 1 aliphatic rings. The highest BCUT2D eigenvalue weighted by molar-refractivity contribution is 5.90. The summed E-state index contributed by atoms with van der Waals surface area (Å²) in [5, 5.41) is 2.60. The standard InChI is InChI=1S/C17H16FN3O3.C6H6FN/c1-11(22)20-9-14-10-21(17(23)24-14)13-4-5-15(16(18)7-13)12-3-2-6-19-8-12;7-5-2-1-3-6(8)4-5/h2-8,14H,9-10H2,1H3,(H,20,22);1-4H,8H2. The second-order valence-electron chi connectivity index (χ2n) is 7.01. The molecule has 0 saturated carbocycles. The number of anilines is 2. The van der Waals surface area contributed by atoms with Crippen molar-refractivity contribution < 1.29 is 23.1 Å². The van der Waals surface area contributed by atoms with E-state index in [1.807, 2.05) is 0 Å². The van der Waals surface area contributed by atoms with E-state index >= 15 is 0 Å². The lowest BCUT2D eigenvalue weighted by Gasteiger charge is -2.14. The van der Waals surface area contributed by atoms with Gasteiger partial charge in [0.05, 0.1) is 18.8 Å². The molecule has 1 atom stereocenters. The third-order valence-corrected chi connectivity index (χ3v) is 4.54. The number of rotatable bonds is 4. The van der Waals surface area contributed by atoms with Gasteiger partial charge in [0.15, 0.2) is 0 Å². The van der Waals surface area contributed by atoms with Gasteiger partial charge in [-0.2, -0.15) is 0 Å². The highest BCUT2D eigenvalue weighted by atomic mass is 19.1. The molecule has 1 fully saturated rings. The predicted octanol–water partition coefficient (Wildman–Crippen LogP) is 3.76. The van der Waals surface area contributed by atoms with Crippen LogP contribution in [0.1, 0.15) is 6.92 Å². The molecule has 1 saturated heterocycles. The number of hydrogen-bond acceptors (Lipinski definition) is 5. The fraction of sp³-hybridized carbons (Fsp3) is 0.174. The van der Waals surface area contributed by atoms with E-state index in [0.717, 1.165) is 0 Å². The SMILES string of the molecule is CC(=O)NCC1CN(c2ccc(-c3cccnc3)c(F)c2)C(=O)O1.Nc1cccc(F)c1. The van der Waals surface area contributed by atoms with Crippen LogP contribution in [0.25, 0.3) is 11.1 Å². The first-order chi connectivity index (χ1) is 15.3. The summed E-state index contributed by atoms with van der Waals surface area (Å²) in [5.74, 6) is -0.931. The Morgan fingerprint density at radius 1 is 1.22 bits per heavy atom. The maximum atomic E-state index is 14.4. The number of cyclic esters (lactones) is 1. The average molecular weight is 440 g/mol. The number of halogens is 2. The van der Waals surface area contributed by atoms with Gasteiger partial charge in [-0.25, -0.2) is 13.6 Å². The van der Waals surface area contributed by atoms with Gasteiger partial charge < -0.3 is 15.8 Å². The number of benzene rings is 2. The molecule has 1 unspecified atom stereocenters. The van der Waals surface area contributed by atoms with E-state index in [-0.39, 0.29) is 24.8 Å². The number of ether oxygens (including phenoxy) is 1. The van der Waals surface area contributed by atoms with E-state index in [4.69, 9.17) is 10.5 Å². The second-order valence-corrected chi connectivity index (χ2v) is 7.01. The maximum absolute atomic E-state index is 14.4. The van der Waals surface area contributed by atoms with Crippen molar-refractivity contribution >= 4 is 23.4 Å². The van der Waals surface area contributed by atoms with Crippen molar-refractivity contribution in [3.05, 3.63) is 78.6 Å². The number of nitrogen functional groups attached to an aromatic ring is 1. The van der Waals surface area contributed by atoms with Crippen molar-refractivity contribution in [3.8, 4) is 11.1 Å². The Bertz CT molecular complexity index is 1080. The number of nitrogens with one attached hydrogen (secondary N) is 1. The Labute approximate surface area is 183 Å². The lowest BCUT2D eigenvalue weighted by molar-refractivity contribution is -0.119.